The van der Waals surface area contributed by atoms with Crippen molar-refractivity contribution in [1.29, 1.82) is 0 Å². The van der Waals surface area contributed by atoms with Gasteiger partial charge >= 0.3 is 0 Å². The summed E-state index contributed by atoms with van der Waals surface area (Å²) < 4.78 is 3.35. The van der Waals surface area contributed by atoms with Gasteiger partial charge < -0.3 is 0 Å². The summed E-state index contributed by atoms with van der Waals surface area (Å²) in [6.07, 6.45) is 5.26. The fourth-order valence-corrected chi connectivity index (χ4v) is 1.74. The average Bonchev–Trinajstić information content (AvgIpc) is 3.37. The maximum Gasteiger partial charge on any atom is 0.171 e. The minimum Gasteiger partial charge on any atom is -0.256 e. The highest BCUT2D eigenvalue weighted by Gasteiger charge is 1.86. The number of hydrogen-bond acceptors (Lipinski definition) is 9. The first kappa shape index (κ1) is 25.5. The molecule has 13 nitrogen and oxygen atoms in total. The third-order valence-corrected chi connectivity index (χ3v) is 2.75. The van der Waals surface area contributed by atoms with Gasteiger partial charge in [-0.05, 0) is 32.9 Å². The molecule has 0 aliphatic rings. The lowest BCUT2D eigenvalue weighted by molar-refractivity contribution is 0.629. The Morgan fingerprint density at radius 2 is 1.38 bits per heavy atom. The minimum atomic E-state index is 0. The van der Waals surface area contributed by atoms with Gasteiger partial charge in [-0.1, -0.05) is 12.6 Å². The molecule has 0 aliphatic carbocycles. The van der Waals surface area contributed by atoms with Crippen molar-refractivity contribution in [3.63, 3.8) is 0 Å². The van der Waals surface area contributed by atoms with Crippen molar-refractivity contribution in [2.45, 2.75) is 35.1 Å². The van der Waals surface area contributed by atoms with Crippen molar-refractivity contribution >= 4 is 0 Å². The summed E-state index contributed by atoms with van der Waals surface area (Å²) in [5.74, 6) is 1.53. The fraction of sp³-hybridized carbons (Fsp3) is 0.562. The van der Waals surface area contributed by atoms with E-state index in [1.807, 2.05) is 41.1 Å². The van der Waals surface area contributed by atoms with E-state index < -0.39 is 0 Å². The van der Waals surface area contributed by atoms with Crippen LogP contribution in [-0.4, -0.2) is 65.0 Å². The molecular formula is C16H31N13. The third-order valence-electron chi connectivity index (χ3n) is 2.75. The molecule has 0 N–H and O–H groups in total. The number of tetrazole rings is 1. The predicted molar refractivity (Wildman–Crippen MR) is 107 cm³/mol. The molecule has 160 valence electrons. The van der Waals surface area contributed by atoms with Crippen molar-refractivity contribution in [2.75, 3.05) is 0 Å². The molecular weight excluding hydrogens is 374 g/mol. The average molecular weight is 406 g/mol. The summed E-state index contributed by atoms with van der Waals surface area (Å²) in [5, 5.41) is 30.1. The molecule has 0 unspecified atom stereocenters. The van der Waals surface area contributed by atoms with E-state index in [1.165, 1.54) is 9.59 Å². The van der Waals surface area contributed by atoms with E-state index in [2.05, 4.69) is 46.0 Å². The molecule has 4 heterocycles. The van der Waals surface area contributed by atoms with Crippen LogP contribution in [0.25, 0.3) is 0 Å². The van der Waals surface area contributed by atoms with Gasteiger partial charge in [-0.25, -0.2) is 4.98 Å². The molecule has 0 atom stereocenters. The zero-order chi connectivity index (χ0) is 21.1. The van der Waals surface area contributed by atoms with Crippen molar-refractivity contribution in [3.8, 4) is 0 Å². The summed E-state index contributed by atoms with van der Waals surface area (Å²) in [7, 11) is 7.23. The van der Waals surface area contributed by atoms with E-state index in [9.17, 15) is 0 Å². The van der Waals surface area contributed by atoms with E-state index in [0.717, 1.165) is 17.2 Å². The van der Waals surface area contributed by atoms with E-state index in [-0.39, 0.29) is 7.43 Å². The van der Waals surface area contributed by atoms with E-state index in [4.69, 9.17) is 0 Å². The topological polar surface area (TPSA) is 136 Å². The highest BCUT2D eigenvalue weighted by Crippen LogP contribution is 1.83. The normalized spacial score (nSPS) is 9.10. The van der Waals surface area contributed by atoms with Crippen LogP contribution < -0.4 is 0 Å². The Morgan fingerprint density at radius 3 is 1.52 bits per heavy atom. The Labute approximate surface area is 170 Å². The molecule has 0 aliphatic heterocycles. The highest BCUT2D eigenvalue weighted by molar-refractivity contribution is 4.85. The van der Waals surface area contributed by atoms with Gasteiger partial charge in [-0.15, -0.1) is 15.3 Å². The van der Waals surface area contributed by atoms with Crippen molar-refractivity contribution < 1.29 is 0 Å². The second-order valence-electron chi connectivity index (χ2n) is 5.80. The molecule has 29 heavy (non-hydrogen) atoms. The van der Waals surface area contributed by atoms with Crippen LogP contribution in [0.3, 0.4) is 0 Å². The predicted octanol–water partition coefficient (Wildman–Crippen LogP) is 0.525. The number of aromatic nitrogens is 13. The third kappa shape index (κ3) is 11.7. The van der Waals surface area contributed by atoms with Crippen molar-refractivity contribution in [2.24, 2.45) is 28.2 Å². The fourth-order valence-electron chi connectivity index (χ4n) is 1.74. The largest absolute Gasteiger partial charge is 0.256 e. The maximum absolute atomic E-state index is 3.92. The maximum atomic E-state index is 3.92. The first-order valence-electron chi connectivity index (χ1n) is 8.34. The van der Waals surface area contributed by atoms with E-state index in [0.29, 0.717) is 5.82 Å². The monoisotopic (exact) mass is 405 g/mol. The Morgan fingerprint density at radius 1 is 0.690 bits per heavy atom. The van der Waals surface area contributed by atoms with Crippen LogP contribution in [0.15, 0.2) is 18.7 Å². The summed E-state index contributed by atoms with van der Waals surface area (Å²) in [4.78, 5) is 6.83. The summed E-state index contributed by atoms with van der Waals surface area (Å²) in [6, 6.07) is 0. The molecule has 0 radical (unpaired) electrons. The molecule has 4 rings (SSSR count). The SMILES string of the molecule is C.Cc1cn(C)nn1.Cc1cnn(C)n1.Cc1ncn(C)n1.Cc1nnn(C)n1. The van der Waals surface area contributed by atoms with Crippen molar-refractivity contribution in [1.82, 2.24) is 65.0 Å². The van der Waals surface area contributed by atoms with Crippen LogP contribution in [0.5, 0.6) is 0 Å². The minimum absolute atomic E-state index is 0. The smallest absolute Gasteiger partial charge is 0.171 e. The van der Waals surface area contributed by atoms with Crippen LogP contribution in [0.4, 0.5) is 0 Å². The Bertz CT molecular complexity index is 711. The number of hydrogen-bond donors (Lipinski definition) is 0. The lowest BCUT2D eigenvalue weighted by Crippen LogP contribution is -1.91. The lowest BCUT2D eigenvalue weighted by atomic mass is 10.6. The van der Waals surface area contributed by atoms with Gasteiger partial charge in [0.15, 0.2) is 5.82 Å². The molecule has 0 saturated heterocycles. The molecule has 0 spiro atoms. The zero-order valence-electron chi connectivity index (χ0n) is 17.5. The number of nitrogens with zero attached hydrogens (tertiary/aromatic N) is 13. The van der Waals surface area contributed by atoms with Gasteiger partial charge in [-0.3, -0.25) is 9.36 Å². The molecule has 0 aromatic carbocycles. The zero-order valence-corrected chi connectivity index (χ0v) is 17.5. The van der Waals surface area contributed by atoms with Crippen LogP contribution in [0, 0.1) is 27.7 Å². The lowest BCUT2D eigenvalue weighted by Gasteiger charge is -1.77. The first-order chi connectivity index (χ1) is 13.2. The Kier molecular flexibility index (Phi) is 11.3. The Hall–Kier alpha value is -3.51. The van der Waals surface area contributed by atoms with Gasteiger partial charge in [0.2, 0.25) is 0 Å². The number of aryl methyl sites for hydroxylation is 8. The molecule has 4 aromatic heterocycles. The molecule has 0 fully saturated rings. The van der Waals surface area contributed by atoms with Crippen LogP contribution in [0.1, 0.15) is 30.5 Å². The summed E-state index contributed by atoms with van der Waals surface area (Å²) >= 11 is 0. The molecule has 0 bridgehead atoms. The Balaban J connectivity index is 0.000000356. The molecule has 4 aromatic rings. The van der Waals surface area contributed by atoms with E-state index in [1.54, 1.807) is 42.9 Å². The van der Waals surface area contributed by atoms with Crippen LogP contribution in [0.2, 0.25) is 0 Å². The van der Waals surface area contributed by atoms with Gasteiger partial charge in [0, 0.05) is 27.3 Å². The quantitative estimate of drug-likeness (QED) is 0.410. The van der Waals surface area contributed by atoms with Crippen LogP contribution in [-0.2, 0) is 28.2 Å². The van der Waals surface area contributed by atoms with E-state index >= 15 is 0 Å². The van der Waals surface area contributed by atoms with Gasteiger partial charge in [0.1, 0.15) is 12.2 Å². The standard InChI is InChI=1S/3C4H7N3.C3H6N4.CH4/c1-4-5-3-7(2)6-4;1-4-3-7(2)6-5-4;1-4-3-5-7(2)6-4;1-3-4-6-7(2)5-3;/h3*3H,1-2H3;1-2H3;1H4. The second kappa shape index (κ2) is 12.8. The van der Waals surface area contributed by atoms with Crippen LogP contribution >= 0.6 is 0 Å². The number of rotatable bonds is 0. The summed E-state index contributed by atoms with van der Waals surface area (Å²) in [6.45, 7) is 7.48. The highest BCUT2D eigenvalue weighted by atomic mass is 15.6. The summed E-state index contributed by atoms with van der Waals surface area (Å²) in [5.41, 5.74) is 1.92. The second-order valence-corrected chi connectivity index (χ2v) is 5.80. The molecule has 13 heteroatoms. The van der Waals surface area contributed by atoms with Crippen molar-refractivity contribution in [3.05, 3.63) is 41.8 Å². The molecule has 0 saturated carbocycles. The van der Waals surface area contributed by atoms with Gasteiger partial charge in [0.25, 0.3) is 0 Å². The molecule has 0 amide bonds. The first-order valence-corrected chi connectivity index (χ1v) is 8.34. The van der Waals surface area contributed by atoms with Gasteiger partial charge in [0.05, 0.1) is 24.6 Å². The van der Waals surface area contributed by atoms with Gasteiger partial charge in [-0.2, -0.15) is 24.9 Å².